The molecule has 1 aromatic carbocycles. The second-order valence-corrected chi connectivity index (χ2v) is 3.40. The van der Waals surface area contributed by atoms with Crippen molar-refractivity contribution in [3.63, 3.8) is 0 Å². The molecule has 0 aliphatic rings. The van der Waals surface area contributed by atoms with E-state index in [0.717, 1.165) is 11.1 Å². The molecule has 80 valence electrons. The maximum Gasteiger partial charge on any atom is 0.171 e. The summed E-state index contributed by atoms with van der Waals surface area (Å²) in [4.78, 5) is 10.4. The Hall–Kier alpha value is -2.23. The van der Waals surface area contributed by atoms with Crippen LogP contribution >= 0.6 is 0 Å². The normalized spacial score (nSPS) is 10.0. The largest absolute Gasteiger partial charge is 0.296 e. The number of aldehydes is 1. The SMILES string of the molecule is C=Cc1ccc(Cn2cc(C=O)nn2)cc1. The molecule has 16 heavy (non-hydrogen) atoms. The van der Waals surface area contributed by atoms with Crippen LogP contribution in [0.4, 0.5) is 0 Å². The van der Waals surface area contributed by atoms with Crippen molar-refractivity contribution in [2.24, 2.45) is 0 Å². The molecular weight excluding hydrogens is 202 g/mol. The predicted octanol–water partition coefficient (Wildman–Crippen LogP) is 1.78. The fraction of sp³-hybridized carbons (Fsp3) is 0.0833. The molecule has 2 aromatic rings. The van der Waals surface area contributed by atoms with E-state index in [1.54, 1.807) is 17.0 Å². The standard InChI is InChI=1S/C12H11N3O/c1-2-10-3-5-11(6-4-10)7-15-8-12(9-16)13-14-15/h2-6,8-9H,1,7H2. The fourth-order valence-electron chi connectivity index (χ4n) is 1.39. The van der Waals surface area contributed by atoms with Crippen molar-refractivity contribution in [2.45, 2.75) is 6.54 Å². The molecule has 4 heteroatoms. The van der Waals surface area contributed by atoms with Crippen LogP contribution in [0.1, 0.15) is 21.6 Å². The lowest BCUT2D eigenvalue weighted by Crippen LogP contribution is -2.00. The Kier molecular flexibility index (Phi) is 2.91. The van der Waals surface area contributed by atoms with Gasteiger partial charge >= 0.3 is 0 Å². The van der Waals surface area contributed by atoms with Gasteiger partial charge in [0.2, 0.25) is 0 Å². The van der Waals surface area contributed by atoms with Crippen LogP contribution in [0.25, 0.3) is 6.08 Å². The first-order valence-electron chi connectivity index (χ1n) is 4.88. The summed E-state index contributed by atoms with van der Waals surface area (Å²) >= 11 is 0. The minimum atomic E-state index is 0.350. The van der Waals surface area contributed by atoms with E-state index in [0.29, 0.717) is 18.5 Å². The average molecular weight is 213 g/mol. The number of hydrogen-bond donors (Lipinski definition) is 0. The number of carbonyl (C=O) groups is 1. The monoisotopic (exact) mass is 213 g/mol. The highest BCUT2D eigenvalue weighted by molar-refractivity contribution is 5.70. The Morgan fingerprint density at radius 1 is 1.31 bits per heavy atom. The Morgan fingerprint density at radius 3 is 2.62 bits per heavy atom. The molecule has 0 fully saturated rings. The molecule has 0 aliphatic carbocycles. The lowest BCUT2D eigenvalue weighted by molar-refractivity contribution is 0.111. The Labute approximate surface area is 93.2 Å². The van der Waals surface area contributed by atoms with Gasteiger partial charge < -0.3 is 0 Å². The van der Waals surface area contributed by atoms with Crippen molar-refractivity contribution >= 4 is 12.4 Å². The Balaban J connectivity index is 2.13. The molecule has 1 aromatic heterocycles. The molecule has 0 saturated heterocycles. The van der Waals surface area contributed by atoms with E-state index in [9.17, 15) is 4.79 Å². The van der Waals surface area contributed by atoms with Crippen LogP contribution in [-0.4, -0.2) is 21.3 Å². The molecule has 0 bridgehead atoms. The van der Waals surface area contributed by atoms with E-state index in [4.69, 9.17) is 0 Å². The van der Waals surface area contributed by atoms with E-state index in [2.05, 4.69) is 16.9 Å². The van der Waals surface area contributed by atoms with Crippen molar-refractivity contribution in [3.8, 4) is 0 Å². The molecule has 0 amide bonds. The van der Waals surface area contributed by atoms with Crippen molar-refractivity contribution in [2.75, 3.05) is 0 Å². The van der Waals surface area contributed by atoms with Gasteiger partial charge in [0, 0.05) is 0 Å². The lowest BCUT2D eigenvalue weighted by Gasteiger charge is -2.01. The van der Waals surface area contributed by atoms with Crippen LogP contribution in [0.5, 0.6) is 0 Å². The molecule has 0 spiro atoms. The van der Waals surface area contributed by atoms with Crippen LogP contribution in [0.3, 0.4) is 0 Å². The highest BCUT2D eigenvalue weighted by Gasteiger charge is 1.99. The molecule has 0 saturated carbocycles. The van der Waals surface area contributed by atoms with Crippen LogP contribution in [0.2, 0.25) is 0 Å². The maximum atomic E-state index is 10.4. The zero-order chi connectivity index (χ0) is 11.4. The van der Waals surface area contributed by atoms with Crippen molar-refractivity contribution in [1.82, 2.24) is 15.0 Å². The quantitative estimate of drug-likeness (QED) is 0.727. The summed E-state index contributed by atoms with van der Waals surface area (Å²) in [5.41, 5.74) is 2.53. The van der Waals surface area contributed by atoms with Gasteiger partial charge in [-0.2, -0.15) is 0 Å². The molecule has 0 radical (unpaired) electrons. The van der Waals surface area contributed by atoms with Crippen molar-refractivity contribution < 1.29 is 4.79 Å². The van der Waals surface area contributed by atoms with Crippen LogP contribution in [-0.2, 0) is 6.54 Å². The van der Waals surface area contributed by atoms with Gasteiger partial charge in [-0.25, -0.2) is 4.68 Å². The van der Waals surface area contributed by atoms with Crippen LogP contribution < -0.4 is 0 Å². The summed E-state index contributed by atoms with van der Waals surface area (Å²) in [5.74, 6) is 0. The number of nitrogens with zero attached hydrogens (tertiary/aromatic N) is 3. The number of hydrogen-bond acceptors (Lipinski definition) is 3. The summed E-state index contributed by atoms with van der Waals surface area (Å²) < 4.78 is 1.63. The van der Waals surface area contributed by atoms with E-state index in [1.165, 1.54) is 0 Å². The van der Waals surface area contributed by atoms with Crippen LogP contribution in [0.15, 0.2) is 37.0 Å². The second kappa shape index (κ2) is 4.53. The minimum Gasteiger partial charge on any atom is -0.296 e. The zero-order valence-electron chi connectivity index (χ0n) is 8.71. The average Bonchev–Trinajstić information content (AvgIpc) is 2.78. The lowest BCUT2D eigenvalue weighted by atomic mass is 10.1. The summed E-state index contributed by atoms with van der Waals surface area (Å²) in [7, 11) is 0. The van der Waals surface area contributed by atoms with Gasteiger partial charge in [-0.1, -0.05) is 42.1 Å². The highest BCUT2D eigenvalue weighted by atomic mass is 16.1. The van der Waals surface area contributed by atoms with Crippen molar-refractivity contribution in [1.29, 1.82) is 0 Å². The third-order valence-electron chi connectivity index (χ3n) is 2.24. The fourth-order valence-corrected chi connectivity index (χ4v) is 1.39. The van der Waals surface area contributed by atoms with Gasteiger partial charge in [0.15, 0.2) is 6.29 Å². The molecule has 0 unspecified atom stereocenters. The number of aromatic nitrogens is 3. The molecule has 1 heterocycles. The van der Waals surface area contributed by atoms with Gasteiger partial charge in [0.05, 0.1) is 12.7 Å². The minimum absolute atomic E-state index is 0.350. The summed E-state index contributed by atoms with van der Waals surface area (Å²) in [6, 6.07) is 7.97. The van der Waals surface area contributed by atoms with E-state index in [1.807, 2.05) is 24.3 Å². The van der Waals surface area contributed by atoms with Crippen LogP contribution in [0, 0.1) is 0 Å². The third kappa shape index (κ3) is 2.23. The zero-order valence-corrected chi connectivity index (χ0v) is 8.71. The second-order valence-electron chi connectivity index (χ2n) is 3.40. The van der Waals surface area contributed by atoms with E-state index < -0.39 is 0 Å². The number of carbonyl (C=O) groups excluding carboxylic acids is 1. The van der Waals surface area contributed by atoms with Gasteiger partial charge in [-0.3, -0.25) is 4.79 Å². The Bertz CT molecular complexity index is 499. The molecule has 4 nitrogen and oxygen atoms in total. The predicted molar refractivity (Wildman–Crippen MR) is 61.0 cm³/mol. The van der Waals surface area contributed by atoms with Crippen molar-refractivity contribution in [3.05, 3.63) is 53.9 Å². The number of rotatable bonds is 4. The van der Waals surface area contributed by atoms with E-state index in [-0.39, 0.29) is 0 Å². The van der Waals surface area contributed by atoms with Gasteiger partial charge in [0.25, 0.3) is 0 Å². The topological polar surface area (TPSA) is 47.8 Å². The molecule has 0 atom stereocenters. The first-order valence-corrected chi connectivity index (χ1v) is 4.88. The first-order chi connectivity index (χ1) is 7.81. The molecule has 2 rings (SSSR count). The van der Waals surface area contributed by atoms with Gasteiger partial charge in [-0.05, 0) is 11.1 Å². The third-order valence-corrected chi connectivity index (χ3v) is 2.24. The molecule has 0 N–H and O–H groups in total. The summed E-state index contributed by atoms with van der Waals surface area (Å²) in [6.07, 6.45) is 4.10. The Morgan fingerprint density at radius 2 is 2.06 bits per heavy atom. The summed E-state index contributed by atoms with van der Waals surface area (Å²) in [5, 5.41) is 7.53. The molecular formula is C12H11N3O. The van der Waals surface area contributed by atoms with Gasteiger partial charge in [0.1, 0.15) is 5.69 Å². The summed E-state index contributed by atoms with van der Waals surface area (Å²) in [6.45, 7) is 4.30. The maximum absolute atomic E-state index is 10.4. The first kappa shape index (κ1) is 10.3. The van der Waals surface area contributed by atoms with Gasteiger partial charge in [-0.15, -0.1) is 5.10 Å². The number of benzene rings is 1. The molecule has 0 aliphatic heterocycles. The highest BCUT2D eigenvalue weighted by Crippen LogP contribution is 2.06. The van der Waals surface area contributed by atoms with E-state index >= 15 is 0 Å². The smallest absolute Gasteiger partial charge is 0.171 e.